The van der Waals surface area contributed by atoms with Gasteiger partial charge in [-0.3, -0.25) is 4.79 Å². The molecule has 2 aliphatic heterocycles. The highest BCUT2D eigenvalue weighted by Gasteiger charge is 2.44. The molecule has 0 saturated carbocycles. The SMILES string of the molecule is COc1cc(C)cc(N2C(=O)NC(C3CCOCC3)C2=O)c1C. The molecule has 2 aliphatic rings. The highest BCUT2D eigenvalue weighted by Crippen LogP contribution is 2.34. The molecule has 2 saturated heterocycles. The van der Waals surface area contributed by atoms with Gasteiger partial charge in [0.15, 0.2) is 0 Å². The molecule has 1 aromatic rings. The maximum atomic E-state index is 12.8. The first-order valence-electron chi connectivity index (χ1n) is 7.90. The second kappa shape index (κ2) is 6.20. The van der Waals surface area contributed by atoms with Gasteiger partial charge >= 0.3 is 6.03 Å². The van der Waals surface area contributed by atoms with Crippen molar-refractivity contribution in [1.29, 1.82) is 0 Å². The number of nitrogens with one attached hydrogen (secondary N) is 1. The topological polar surface area (TPSA) is 67.9 Å². The van der Waals surface area contributed by atoms with Crippen LogP contribution in [0.2, 0.25) is 0 Å². The normalized spacial score (nSPS) is 22.4. The zero-order valence-electron chi connectivity index (χ0n) is 13.7. The number of hydrogen-bond acceptors (Lipinski definition) is 4. The van der Waals surface area contributed by atoms with Gasteiger partial charge in [-0.05, 0) is 50.3 Å². The molecule has 3 amide bonds. The fraction of sp³-hybridized carbons (Fsp3) is 0.529. The summed E-state index contributed by atoms with van der Waals surface area (Å²) in [5.41, 5.74) is 2.32. The second-order valence-electron chi connectivity index (χ2n) is 6.16. The number of methoxy groups -OCH3 is 1. The average Bonchev–Trinajstić information content (AvgIpc) is 2.85. The molecular formula is C17H22N2O4. The van der Waals surface area contributed by atoms with Crippen molar-refractivity contribution >= 4 is 17.6 Å². The Morgan fingerprint density at radius 1 is 1.22 bits per heavy atom. The van der Waals surface area contributed by atoms with Crippen molar-refractivity contribution in [2.45, 2.75) is 32.7 Å². The second-order valence-corrected chi connectivity index (χ2v) is 6.16. The van der Waals surface area contributed by atoms with Crippen molar-refractivity contribution in [3.8, 4) is 5.75 Å². The number of aryl methyl sites for hydroxylation is 1. The minimum atomic E-state index is -0.461. The number of nitrogens with zero attached hydrogens (tertiary/aromatic N) is 1. The number of anilines is 1. The van der Waals surface area contributed by atoms with Gasteiger partial charge in [-0.1, -0.05) is 0 Å². The Bertz CT molecular complexity index is 638. The van der Waals surface area contributed by atoms with Gasteiger partial charge in [-0.15, -0.1) is 0 Å². The number of ether oxygens (including phenoxy) is 2. The van der Waals surface area contributed by atoms with Gasteiger partial charge < -0.3 is 14.8 Å². The van der Waals surface area contributed by atoms with Crippen LogP contribution in [0.5, 0.6) is 5.75 Å². The van der Waals surface area contributed by atoms with Crippen LogP contribution in [0.4, 0.5) is 10.5 Å². The molecule has 23 heavy (non-hydrogen) atoms. The number of imide groups is 1. The molecule has 124 valence electrons. The van der Waals surface area contributed by atoms with Crippen molar-refractivity contribution < 1.29 is 19.1 Å². The molecule has 6 nitrogen and oxygen atoms in total. The molecule has 0 aromatic heterocycles. The molecule has 2 fully saturated rings. The Morgan fingerprint density at radius 3 is 2.57 bits per heavy atom. The number of amides is 3. The maximum Gasteiger partial charge on any atom is 0.329 e. The number of urea groups is 1. The molecule has 0 aliphatic carbocycles. The number of benzene rings is 1. The molecule has 0 spiro atoms. The number of carbonyl (C=O) groups excluding carboxylic acids is 2. The van der Waals surface area contributed by atoms with Crippen LogP contribution in [-0.2, 0) is 9.53 Å². The van der Waals surface area contributed by atoms with Crippen LogP contribution in [0.3, 0.4) is 0 Å². The maximum absolute atomic E-state index is 12.8. The fourth-order valence-electron chi connectivity index (χ4n) is 3.35. The van der Waals surface area contributed by atoms with Crippen LogP contribution in [0.15, 0.2) is 12.1 Å². The van der Waals surface area contributed by atoms with E-state index in [4.69, 9.17) is 9.47 Å². The summed E-state index contributed by atoms with van der Waals surface area (Å²) in [6.07, 6.45) is 1.58. The summed E-state index contributed by atoms with van der Waals surface area (Å²) >= 11 is 0. The van der Waals surface area contributed by atoms with E-state index in [1.807, 2.05) is 26.0 Å². The monoisotopic (exact) mass is 318 g/mol. The van der Waals surface area contributed by atoms with E-state index in [1.165, 1.54) is 4.90 Å². The fourth-order valence-corrected chi connectivity index (χ4v) is 3.35. The van der Waals surface area contributed by atoms with Crippen molar-refractivity contribution in [2.24, 2.45) is 5.92 Å². The van der Waals surface area contributed by atoms with Gasteiger partial charge in [0.25, 0.3) is 5.91 Å². The molecule has 3 rings (SSSR count). The zero-order chi connectivity index (χ0) is 16.6. The van der Waals surface area contributed by atoms with Crippen molar-refractivity contribution in [2.75, 3.05) is 25.2 Å². The number of rotatable bonds is 3. The van der Waals surface area contributed by atoms with E-state index in [1.54, 1.807) is 7.11 Å². The van der Waals surface area contributed by atoms with Gasteiger partial charge in [-0.25, -0.2) is 9.69 Å². The highest BCUT2D eigenvalue weighted by atomic mass is 16.5. The van der Waals surface area contributed by atoms with Crippen molar-refractivity contribution in [3.05, 3.63) is 23.3 Å². The van der Waals surface area contributed by atoms with Gasteiger partial charge in [0.05, 0.1) is 12.8 Å². The molecule has 1 unspecified atom stereocenters. The van der Waals surface area contributed by atoms with E-state index >= 15 is 0 Å². The lowest BCUT2D eigenvalue weighted by molar-refractivity contribution is -0.120. The first-order chi connectivity index (χ1) is 11.0. The lowest BCUT2D eigenvalue weighted by atomic mass is 9.91. The molecule has 6 heteroatoms. The highest BCUT2D eigenvalue weighted by molar-refractivity contribution is 6.22. The molecule has 0 radical (unpaired) electrons. The average molecular weight is 318 g/mol. The third kappa shape index (κ3) is 2.79. The number of hydrogen-bond donors (Lipinski definition) is 1. The van der Waals surface area contributed by atoms with E-state index in [2.05, 4.69) is 5.32 Å². The van der Waals surface area contributed by atoms with Gasteiger partial charge in [0.2, 0.25) is 0 Å². The predicted octanol–water partition coefficient (Wildman–Crippen LogP) is 2.16. The molecule has 0 bridgehead atoms. The lowest BCUT2D eigenvalue weighted by Crippen LogP contribution is -2.40. The summed E-state index contributed by atoms with van der Waals surface area (Å²) in [5.74, 6) is 0.630. The first kappa shape index (κ1) is 15.8. The molecule has 1 atom stereocenters. The Kier molecular flexibility index (Phi) is 4.26. The molecule has 1 N–H and O–H groups in total. The zero-order valence-corrected chi connectivity index (χ0v) is 13.7. The summed E-state index contributed by atoms with van der Waals surface area (Å²) in [4.78, 5) is 26.5. The summed E-state index contributed by atoms with van der Waals surface area (Å²) in [7, 11) is 1.59. The minimum absolute atomic E-state index is 0.136. The Morgan fingerprint density at radius 2 is 1.91 bits per heavy atom. The van der Waals surface area contributed by atoms with Crippen LogP contribution in [0.25, 0.3) is 0 Å². The van der Waals surface area contributed by atoms with Crippen LogP contribution in [0.1, 0.15) is 24.0 Å². The Balaban J connectivity index is 1.93. The Hall–Kier alpha value is -2.08. The molecule has 2 heterocycles. The third-order valence-corrected chi connectivity index (χ3v) is 4.64. The van der Waals surface area contributed by atoms with E-state index in [-0.39, 0.29) is 17.9 Å². The largest absolute Gasteiger partial charge is 0.496 e. The van der Waals surface area contributed by atoms with E-state index < -0.39 is 6.04 Å². The minimum Gasteiger partial charge on any atom is -0.496 e. The van der Waals surface area contributed by atoms with Gasteiger partial charge in [0.1, 0.15) is 11.8 Å². The summed E-state index contributed by atoms with van der Waals surface area (Å²) in [5, 5.41) is 2.85. The van der Waals surface area contributed by atoms with E-state index in [0.29, 0.717) is 24.7 Å². The smallest absolute Gasteiger partial charge is 0.329 e. The van der Waals surface area contributed by atoms with Gasteiger partial charge in [0, 0.05) is 18.8 Å². The third-order valence-electron chi connectivity index (χ3n) is 4.64. The quantitative estimate of drug-likeness (QED) is 0.867. The van der Waals surface area contributed by atoms with Crippen molar-refractivity contribution in [3.63, 3.8) is 0 Å². The van der Waals surface area contributed by atoms with Crippen LogP contribution >= 0.6 is 0 Å². The standard InChI is InChI=1S/C17H22N2O4/c1-10-8-13(11(2)14(9-10)22-3)19-16(20)15(18-17(19)21)12-4-6-23-7-5-12/h8-9,12,15H,4-7H2,1-3H3,(H,18,21). The first-order valence-corrected chi connectivity index (χ1v) is 7.90. The Labute approximate surface area is 135 Å². The molecule has 1 aromatic carbocycles. The summed E-state index contributed by atoms with van der Waals surface area (Å²) in [6.45, 7) is 5.05. The molecular weight excluding hydrogens is 296 g/mol. The van der Waals surface area contributed by atoms with Crippen LogP contribution in [-0.4, -0.2) is 38.3 Å². The van der Waals surface area contributed by atoms with Crippen LogP contribution in [0, 0.1) is 19.8 Å². The van der Waals surface area contributed by atoms with Crippen molar-refractivity contribution in [1.82, 2.24) is 5.32 Å². The number of carbonyl (C=O) groups is 2. The predicted molar refractivity (Wildman–Crippen MR) is 85.8 cm³/mol. The van der Waals surface area contributed by atoms with E-state index in [0.717, 1.165) is 24.0 Å². The van der Waals surface area contributed by atoms with Crippen LogP contribution < -0.4 is 15.0 Å². The van der Waals surface area contributed by atoms with Gasteiger partial charge in [-0.2, -0.15) is 0 Å². The lowest BCUT2D eigenvalue weighted by Gasteiger charge is -2.26. The summed E-state index contributed by atoms with van der Waals surface area (Å²) in [6, 6.07) is 2.93. The summed E-state index contributed by atoms with van der Waals surface area (Å²) < 4.78 is 10.7. The van der Waals surface area contributed by atoms with E-state index in [9.17, 15) is 9.59 Å².